The highest BCUT2D eigenvalue weighted by Crippen LogP contribution is 2.45. The lowest BCUT2D eigenvalue weighted by atomic mass is 10.0. The molecule has 12 heteroatoms. The quantitative estimate of drug-likeness (QED) is 0.234. The Bertz CT molecular complexity index is 1370. The Hall–Kier alpha value is -3.22. The van der Waals surface area contributed by atoms with Crippen LogP contribution in [0, 0.1) is 0 Å². The largest absolute Gasteiger partial charge is 0.493 e. The van der Waals surface area contributed by atoms with Crippen LogP contribution in [0.4, 0.5) is 18.0 Å². The minimum Gasteiger partial charge on any atom is -0.493 e. The van der Waals surface area contributed by atoms with Crippen LogP contribution in [-0.2, 0) is 32.5 Å². The van der Waals surface area contributed by atoms with Gasteiger partial charge in [-0.15, -0.1) is 10.2 Å². The summed E-state index contributed by atoms with van der Waals surface area (Å²) in [5, 5.41) is 9.13. The Morgan fingerprint density at radius 2 is 1.76 bits per heavy atom. The van der Waals surface area contributed by atoms with E-state index in [1.54, 1.807) is 41.5 Å². The Labute approximate surface area is 247 Å². The van der Waals surface area contributed by atoms with Crippen LogP contribution in [0.3, 0.4) is 0 Å². The first-order valence-electron chi connectivity index (χ1n) is 13.6. The third-order valence-electron chi connectivity index (χ3n) is 6.53. The first kappa shape index (κ1) is 31.7. The average molecular weight is 608 g/mol. The summed E-state index contributed by atoms with van der Waals surface area (Å²) in [6, 6.07) is 13.4. The molecule has 1 aliphatic rings. The van der Waals surface area contributed by atoms with Gasteiger partial charge in [-0.1, -0.05) is 41.7 Å². The molecule has 8 nitrogen and oxygen atoms in total. The van der Waals surface area contributed by atoms with Gasteiger partial charge in [-0.3, -0.25) is 4.90 Å². The number of amides is 1. The Kier molecular flexibility index (Phi) is 9.19. The number of alkyl halides is 3. The summed E-state index contributed by atoms with van der Waals surface area (Å²) in [7, 11) is 0. The van der Waals surface area contributed by atoms with E-state index in [0.29, 0.717) is 24.6 Å². The van der Waals surface area contributed by atoms with Crippen molar-refractivity contribution >= 4 is 17.4 Å². The summed E-state index contributed by atoms with van der Waals surface area (Å²) in [6.07, 6.45) is -4.81. The van der Waals surface area contributed by atoms with Crippen LogP contribution in [-0.4, -0.2) is 52.3 Å². The molecule has 228 valence electrons. The van der Waals surface area contributed by atoms with Gasteiger partial charge in [0.2, 0.25) is 0 Å². The van der Waals surface area contributed by atoms with Crippen molar-refractivity contribution < 1.29 is 36.9 Å². The Morgan fingerprint density at radius 3 is 2.43 bits per heavy atom. The lowest BCUT2D eigenvalue weighted by Gasteiger charge is -2.39. The molecule has 4 rings (SSSR count). The van der Waals surface area contributed by atoms with Crippen LogP contribution < -0.4 is 4.74 Å². The minimum atomic E-state index is -4.65. The van der Waals surface area contributed by atoms with Gasteiger partial charge in [0.05, 0.1) is 32.0 Å². The van der Waals surface area contributed by atoms with Crippen LogP contribution in [0.15, 0.2) is 48.5 Å². The number of benzene rings is 2. The van der Waals surface area contributed by atoms with Gasteiger partial charge in [0.25, 0.3) is 0 Å². The lowest BCUT2D eigenvalue weighted by Crippen LogP contribution is -2.54. The second-order valence-electron chi connectivity index (χ2n) is 11.7. The summed E-state index contributed by atoms with van der Waals surface area (Å²) in [4.78, 5) is 14.6. The van der Waals surface area contributed by atoms with Gasteiger partial charge in [-0.2, -0.15) is 13.2 Å². The van der Waals surface area contributed by atoms with E-state index in [-0.39, 0.29) is 29.5 Å². The number of nitrogens with zero attached hydrogens (tertiary/aromatic N) is 3. The molecule has 1 amide bonds. The van der Waals surface area contributed by atoms with Gasteiger partial charge < -0.3 is 18.9 Å². The molecule has 2 aromatic carbocycles. The van der Waals surface area contributed by atoms with Crippen molar-refractivity contribution in [3.05, 3.63) is 64.7 Å². The molecule has 1 saturated heterocycles. The van der Waals surface area contributed by atoms with E-state index in [1.165, 1.54) is 17.0 Å². The molecule has 0 bridgehead atoms. The second-order valence-corrected chi connectivity index (χ2v) is 12.7. The molecule has 0 spiro atoms. The molecule has 0 saturated carbocycles. The van der Waals surface area contributed by atoms with Crippen molar-refractivity contribution in [2.24, 2.45) is 0 Å². The number of carbonyl (C=O) groups is 1. The highest BCUT2D eigenvalue weighted by Gasteiger charge is 2.55. The standard InChI is InChI=1S/C30H36F3N3O5S/c1-27(2,3)41-26(37)36-28(4,5)40-19-29(36,6)25-35-34-24(42-25)21-13-14-23(22(17-21)30(31,32)33)39-16-10-15-38-18-20-11-8-7-9-12-20/h7-9,11-14,17H,10,15-16,18-19H2,1-6H3/t29-/m1/s1. The van der Waals surface area contributed by atoms with Crippen molar-refractivity contribution in [1.29, 1.82) is 0 Å². The number of carbonyl (C=O) groups excluding carboxylic acids is 1. The average Bonchev–Trinajstić information content (AvgIpc) is 3.48. The summed E-state index contributed by atoms with van der Waals surface area (Å²) in [5.74, 6) is -0.270. The lowest BCUT2D eigenvalue weighted by molar-refractivity contribution is -0.138. The molecule has 0 radical (unpaired) electrons. The minimum absolute atomic E-state index is 0.0643. The zero-order valence-electron chi connectivity index (χ0n) is 24.6. The first-order valence-corrected chi connectivity index (χ1v) is 14.4. The topological polar surface area (TPSA) is 83.0 Å². The normalized spacial score (nSPS) is 18.7. The fraction of sp³-hybridized carbons (Fsp3) is 0.500. The zero-order chi connectivity index (χ0) is 30.8. The van der Waals surface area contributed by atoms with Crippen molar-refractivity contribution in [2.75, 3.05) is 19.8 Å². The maximum atomic E-state index is 14.0. The third kappa shape index (κ3) is 7.40. The van der Waals surface area contributed by atoms with Crippen molar-refractivity contribution in [3.63, 3.8) is 0 Å². The molecule has 1 aromatic heterocycles. The van der Waals surface area contributed by atoms with E-state index < -0.39 is 34.7 Å². The molecule has 0 unspecified atom stereocenters. The highest BCUT2D eigenvalue weighted by molar-refractivity contribution is 7.14. The number of hydrogen-bond acceptors (Lipinski definition) is 8. The maximum Gasteiger partial charge on any atom is 0.419 e. The molecular weight excluding hydrogens is 571 g/mol. The van der Waals surface area contributed by atoms with Crippen LogP contribution in [0.5, 0.6) is 5.75 Å². The monoisotopic (exact) mass is 607 g/mol. The van der Waals surface area contributed by atoms with Gasteiger partial charge in [0.1, 0.15) is 32.6 Å². The number of ether oxygens (including phenoxy) is 4. The number of aromatic nitrogens is 2. The van der Waals surface area contributed by atoms with Gasteiger partial charge >= 0.3 is 12.3 Å². The fourth-order valence-corrected chi connectivity index (χ4v) is 5.56. The molecule has 2 heterocycles. The predicted molar refractivity (Wildman–Crippen MR) is 152 cm³/mol. The van der Waals surface area contributed by atoms with Crippen molar-refractivity contribution in [1.82, 2.24) is 15.1 Å². The maximum absolute atomic E-state index is 14.0. The molecule has 1 aliphatic heterocycles. The molecule has 1 fully saturated rings. The van der Waals surface area contributed by atoms with Crippen LogP contribution in [0.25, 0.3) is 10.6 Å². The van der Waals surface area contributed by atoms with Crippen LogP contribution in [0.1, 0.15) is 64.1 Å². The van der Waals surface area contributed by atoms with Crippen LogP contribution >= 0.6 is 11.3 Å². The van der Waals surface area contributed by atoms with Crippen molar-refractivity contribution in [2.45, 2.75) is 77.6 Å². The second kappa shape index (κ2) is 12.2. The summed E-state index contributed by atoms with van der Waals surface area (Å²) < 4.78 is 64.7. The Balaban J connectivity index is 1.48. The van der Waals surface area contributed by atoms with Gasteiger partial charge in [0, 0.05) is 12.0 Å². The van der Waals surface area contributed by atoms with E-state index in [1.807, 2.05) is 30.3 Å². The SMILES string of the molecule is CC(C)(C)OC(=O)N1C(C)(C)OC[C@]1(C)c1nnc(-c2ccc(OCCCOCc3ccccc3)c(C(F)(F)F)c2)s1. The fourth-order valence-electron chi connectivity index (χ4n) is 4.60. The first-order chi connectivity index (χ1) is 19.6. The molecular formula is C30H36F3N3O5S. The zero-order valence-corrected chi connectivity index (χ0v) is 25.4. The van der Waals surface area contributed by atoms with Crippen molar-refractivity contribution in [3.8, 4) is 16.3 Å². The summed E-state index contributed by atoms with van der Waals surface area (Å²) in [5.41, 5.74) is -2.44. The van der Waals surface area contributed by atoms with E-state index in [0.717, 1.165) is 23.0 Å². The molecule has 0 aliphatic carbocycles. The number of halogens is 3. The molecule has 0 N–H and O–H groups in total. The Morgan fingerprint density at radius 1 is 1.05 bits per heavy atom. The van der Waals surface area contributed by atoms with E-state index in [4.69, 9.17) is 18.9 Å². The molecule has 3 aromatic rings. The summed E-state index contributed by atoms with van der Waals surface area (Å²) >= 11 is 1.10. The summed E-state index contributed by atoms with van der Waals surface area (Å²) in [6.45, 7) is 11.5. The van der Waals surface area contributed by atoms with E-state index in [9.17, 15) is 18.0 Å². The van der Waals surface area contributed by atoms with Gasteiger partial charge in [0.15, 0.2) is 0 Å². The van der Waals surface area contributed by atoms with Crippen LogP contribution in [0.2, 0.25) is 0 Å². The number of hydrogen-bond donors (Lipinski definition) is 0. The highest BCUT2D eigenvalue weighted by atomic mass is 32.1. The van der Waals surface area contributed by atoms with E-state index >= 15 is 0 Å². The molecule has 42 heavy (non-hydrogen) atoms. The van der Waals surface area contributed by atoms with Gasteiger partial charge in [-0.05, 0) is 65.3 Å². The number of rotatable bonds is 9. The molecule has 1 atom stereocenters. The smallest absolute Gasteiger partial charge is 0.419 e. The van der Waals surface area contributed by atoms with E-state index in [2.05, 4.69) is 10.2 Å². The third-order valence-corrected chi connectivity index (χ3v) is 7.76. The predicted octanol–water partition coefficient (Wildman–Crippen LogP) is 7.43. The van der Waals surface area contributed by atoms with Gasteiger partial charge in [-0.25, -0.2) is 4.79 Å².